The Morgan fingerprint density at radius 2 is 2.62 bits per heavy atom. The van der Waals surface area contributed by atoms with Gasteiger partial charge in [0.05, 0.1) is 11.0 Å². The van der Waals surface area contributed by atoms with E-state index in [4.69, 9.17) is 5.73 Å². The van der Waals surface area contributed by atoms with Crippen molar-refractivity contribution in [2.45, 2.75) is 24.6 Å². The molecular formula is C8H12BrN3S. The van der Waals surface area contributed by atoms with Crippen LogP contribution in [-0.4, -0.2) is 20.8 Å². The van der Waals surface area contributed by atoms with Crippen molar-refractivity contribution in [1.29, 1.82) is 0 Å². The highest BCUT2D eigenvalue weighted by molar-refractivity contribution is 9.10. The quantitative estimate of drug-likeness (QED) is 0.887. The van der Waals surface area contributed by atoms with Gasteiger partial charge in [-0.3, -0.25) is 4.68 Å². The Kier molecular flexibility index (Phi) is 2.83. The number of nitrogens with two attached hydrogens (primary N) is 1. The van der Waals surface area contributed by atoms with Crippen LogP contribution in [0.2, 0.25) is 0 Å². The van der Waals surface area contributed by atoms with Gasteiger partial charge in [0.2, 0.25) is 0 Å². The minimum absolute atomic E-state index is 0.586. The molecule has 13 heavy (non-hydrogen) atoms. The van der Waals surface area contributed by atoms with Gasteiger partial charge in [-0.05, 0) is 34.5 Å². The largest absolute Gasteiger partial charge is 0.381 e. The standard InChI is InChI=1S/C8H12BrN3S/c9-7-5-12(11-8(7)10)4-6-2-1-3-13-6/h5-6H,1-4H2,(H2,10,11). The van der Waals surface area contributed by atoms with Gasteiger partial charge in [-0.15, -0.1) is 0 Å². The summed E-state index contributed by atoms with van der Waals surface area (Å²) in [6.45, 7) is 0.987. The number of nitrogens with zero attached hydrogens (tertiary/aromatic N) is 2. The summed E-state index contributed by atoms with van der Waals surface area (Å²) in [7, 11) is 0. The lowest BCUT2D eigenvalue weighted by Crippen LogP contribution is -2.10. The molecule has 1 unspecified atom stereocenters. The van der Waals surface area contributed by atoms with Crippen LogP contribution in [0.5, 0.6) is 0 Å². The molecule has 5 heteroatoms. The van der Waals surface area contributed by atoms with Crippen molar-refractivity contribution in [3.05, 3.63) is 10.7 Å². The van der Waals surface area contributed by atoms with E-state index >= 15 is 0 Å². The van der Waals surface area contributed by atoms with E-state index in [2.05, 4.69) is 21.0 Å². The molecule has 1 aliphatic rings. The molecule has 1 atom stereocenters. The van der Waals surface area contributed by atoms with Crippen LogP contribution < -0.4 is 5.73 Å². The third kappa shape index (κ3) is 2.20. The summed E-state index contributed by atoms with van der Waals surface area (Å²) >= 11 is 5.39. The first-order chi connectivity index (χ1) is 6.25. The van der Waals surface area contributed by atoms with E-state index in [0.717, 1.165) is 16.3 Å². The number of thioether (sulfide) groups is 1. The van der Waals surface area contributed by atoms with Gasteiger partial charge in [-0.1, -0.05) is 0 Å². The summed E-state index contributed by atoms with van der Waals surface area (Å²) < 4.78 is 2.83. The second-order valence-electron chi connectivity index (χ2n) is 3.22. The molecule has 3 nitrogen and oxygen atoms in total. The smallest absolute Gasteiger partial charge is 0.159 e. The third-order valence-corrected chi connectivity index (χ3v) is 4.15. The normalized spacial score (nSPS) is 22.4. The molecule has 1 aliphatic heterocycles. The number of halogens is 1. The zero-order valence-corrected chi connectivity index (χ0v) is 9.64. The molecule has 0 aliphatic carbocycles. The summed E-state index contributed by atoms with van der Waals surface area (Å²) in [5.74, 6) is 1.88. The van der Waals surface area contributed by atoms with Crippen molar-refractivity contribution in [2.24, 2.45) is 0 Å². The minimum atomic E-state index is 0.586. The highest BCUT2D eigenvalue weighted by atomic mass is 79.9. The first kappa shape index (κ1) is 9.40. The van der Waals surface area contributed by atoms with Gasteiger partial charge in [0, 0.05) is 11.4 Å². The molecule has 1 fully saturated rings. The Morgan fingerprint density at radius 1 is 1.77 bits per heavy atom. The van der Waals surface area contributed by atoms with Crippen molar-refractivity contribution in [2.75, 3.05) is 11.5 Å². The van der Waals surface area contributed by atoms with Crippen LogP contribution in [0.1, 0.15) is 12.8 Å². The predicted molar refractivity (Wildman–Crippen MR) is 59.8 cm³/mol. The molecule has 72 valence electrons. The number of rotatable bonds is 2. The van der Waals surface area contributed by atoms with Gasteiger partial charge < -0.3 is 5.73 Å². The van der Waals surface area contributed by atoms with E-state index in [1.165, 1.54) is 18.6 Å². The van der Waals surface area contributed by atoms with Gasteiger partial charge in [-0.25, -0.2) is 0 Å². The van der Waals surface area contributed by atoms with E-state index in [1.54, 1.807) is 0 Å². The van der Waals surface area contributed by atoms with Crippen LogP contribution in [0, 0.1) is 0 Å². The maximum atomic E-state index is 5.63. The van der Waals surface area contributed by atoms with Crippen molar-refractivity contribution in [3.8, 4) is 0 Å². The second-order valence-corrected chi connectivity index (χ2v) is 5.48. The Morgan fingerprint density at radius 3 is 3.15 bits per heavy atom. The molecule has 0 spiro atoms. The molecule has 1 saturated heterocycles. The van der Waals surface area contributed by atoms with Crippen molar-refractivity contribution >= 4 is 33.5 Å². The Balaban J connectivity index is 2.00. The van der Waals surface area contributed by atoms with Crippen LogP contribution in [0.15, 0.2) is 10.7 Å². The van der Waals surface area contributed by atoms with Crippen LogP contribution in [-0.2, 0) is 6.54 Å². The number of nitrogen functional groups attached to an aromatic ring is 1. The first-order valence-electron chi connectivity index (χ1n) is 4.36. The highest BCUT2D eigenvalue weighted by Gasteiger charge is 2.16. The maximum Gasteiger partial charge on any atom is 0.159 e. The van der Waals surface area contributed by atoms with Crippen molar-refractivity contribution in [1.82, 2.24) is 9.78 Å². The van der Waals surface area contributed by atoms with E-state index < -0.39 is 0 Å². The number of aromatic nitrogens is 2. The van der Waals surface area contributed by atoms with Crippen LogP contribution >= 0.6 is 27.7 Å². The fourth-order valence-corrected chi connectivity index (χ4v) is 3.08. The molecular weight excluding hydrogens is 250 g/mol. The van der Waals surface area contributed by atoms with Gasteiger partial charge in [0.1, 0.15) is 0 Å². The average molecular weight is 262 g/mol. The summed E-state index contributed by atoms with van der Waals surface area (Å²) in [6.07, 6.45) is 4.60. The van der Waals surface area contributed by atoms with Crippen LogP contribution in [0.25, 0.3) is 0 Å². The summed E-state index contributed by atoms with van der Waals surface area (Å²) in [5, 5.41) is 4.94. The third-order valence-electron chi connectivity index (χ3n) is 2.16. The SMILES string of the molecule is Nc1nn(CC2CCCS2)cc1Br. The first-order valence-corrected chi connectivity index (χ1v) is 6.20. The molecule has 0 saturated carbocycles. The molecule has 1 aromatic heterocycles. The van der Waals surface area contributed by atoms with Gasteiger partial charge in [0.15, 0.2) is 5.82 Å². The fourth-order valence-electron chi connectivity index (χ4n) is 1.50. The monoisotopic (exact) mass is 261 g/mol. The van der Waals surface area contributed by atoms with E-state index in [-0.39, 0.29) is 0 Å². The minimum Gasteiger partial charge on any atom is -0.381 e. The van der Waals surface area contributed by atoms with E-state index in [9.17, 15) is 0 Å². The Hall–Kier alpha value is -0.160. The maximum absolute atomic E-state index is 5.63. The number of anilines is 1. The second kappa shape index (κ2) is 3.92. The zero-order chi connectivity index (χ0) is 9.26. The summed E-state index contributed by atoms with van der Waals surface area (Å²) in [4.78, 5) is 0. The van der Waals surface area contributed by atoms with Crippen molar-refractivity contribution < 1.29 is 0 Å². The molecule has 0 aromatic carbocycles. The topological polar surface area (TPSA) is 43.8 Å². The lowest BCUT2D eigenvalue weighted by Gasteiger charge is -2.07. The Labute approximate surface area is 90.2 Å². The molecule has 1 aromatic rings. The molecule has 0 radical (unpaired) electrons. The van der Waals surface area contributed by atoms with Crippen molar-refractivity contribution in [3.63, 3.8) is 0 Å². The Bertz CT molecular complexity index is 274. The van der Waals surface area contributed by atoms with Gasteiger partial charge in [0.25, 0.3) is 0 Å². The number of hydrogen-bond acceptors (Lipinski definition) is 3. The van der Waals surface area contributed by atoms with Gasteiger partial charge >= 0.3 is 0 Å². The lowest BCUT2D eigenvalue weighted by molar-refractivity contribution is 0.581. The molecule has 2 rings (SSSR count). The molecule has 2 N–H and O–H groups in total. The zero-order valence-electron chi connectivity index (χ0n) is 7.24. The molecule has 0 bridgehead atoms. The predicted octanol–water partition coefficient (Wildman–Crippen LogP) is 2.12. The summed E-state index contributed by atoms with van der Waals surface area (Å²) in [6, 6.07) is 0. The molecule has 0 amide bonds. The van der Waals surface area contributed by atoms with E-state index in [0.29, 0.717) is 5.82 Å². The van der Waals surface area contributed by atoms with Gasteiger partial charge in [-0.2, -0.15) is 16.9 Å². The fraction of sp³-hybridized carbons (Fsp3) is 0.625. The van der Waals surface area contributed by atoms with Crippen LogP contribution in [0.4, 0.5) is 5.82 Å². The summed E-state index contributed by atoms with van der Waals surface area (Å²) in [5.41, 5.74) is 5.63. The van der Waals surface area contributed by atoms with E-state index in [1.807, 2.05) is 22.6 Å². The van der Waals surface area contributed by atoms with Crippen LogP contribution in [0.3, 0.4) is 0 Å². The average Bonchev–Trinajstić information content (AvgIpc) is 2.64. The number of hydrogen-bond donors (Lipinski definition) is 1. The lowest BCUT2D eigenvalue weighted by atomic mass is 10.2. The molecule has 2 heterocycles. The highest BCUT2D eigenvalue weighted by Crippen LogP contribution is 2.28.